The van der Waals surface area contributed by atoms with Crippen molar-refractivity contribution in [2.24, 2.45) is 0 Å². The van der Waals surface area contributed by atoms with Gasteiger partial charge in [0, 0.05) is 26.2 Å². The number of hydrogen-bond acceptors (Lipinski definition) is 5. The number of carbonyl (C=O) groups excluding carboxylic acids is 1. The summed E-state index contributed by atoms with van der Waals surface area (Å²) in [6.45, 7) is 5.86. The highest BCUT2D eigenvalue weighted by atomic mass is 16.5. The molecular formula is C14H21N3O2. The van der Waals surface area contributed by atoms with Crippen molar-refractivity contribution in [3.05, 3.63) is 23.8 Å². The Labute approximate surface area is 113 Å². The van der Waals surface area contributed by atoms with Crippen LogP contribution in [0.5, 0.6) is 0 Å². The summed E-state index contributed by atoms with van der Waals surface area (Å²) in [7, 11) is 2.10. The Bertz CT molecular complexity index is 454. The van der Waals surface area contributed by atoms with Crippen LogP contribution in [0.15, 0.2) is 18.2 Å². The third kappa shape index (κ3) is 2.98. The summed E-state index contributed by atoms with van der Waals surface area (Å²) in [6.07, 6.45) is 0. The zero-order valence-corrected chi connectivity index (χ0v) is 11.6. The van der Waals surface area contributed by atoms with Crippen molar-refractivity contribution in [3.63, 3.8) is 0 Å². The Morgan fingerprint density at radius 1 is 1.32 bits per heavy atom. The van der Waals surface area contributed by atoms with Gasteiger partial charge in [-0.25, -0.2) is 4.79 Å². The first kappa shape index (κ1) is 13.7. The van der Waals surface area contributed by atoms with E-state index in [4.69, 9.17) is 10.5 Å². The minimum Gasteiger partial charge on any atom is -0.462 e. The molecular weight excluding hydrogens is 242 g/mol. The number of nitrogens with two attached hydrogens (primary N) is 1. The molecule has 1 heterocycles. The van der Waals surface area contributed by atoms with Crippen LogP contribution in [0.2, 0.25) is 0 Å². The van der Waals surface area contributed by atoms with Crippen LogP contribution in [-0.4, -0.2) is 50.7 Å². The van der Waals surface area contributed by atoms with Gasteiger partial charge in [0.25, 0.3) is 0 Å². The number of nitrogen functional groups attached to an aromatic ring is 1. The van der Waals surface area contributed by atoms with Crippen LogP contribution < -0.4 is 10.6 Å². The third-order valence-corrected chi connectivity index (χ3v) is 3.38. The van der Waals surface area contributed by atoms with Gasteiger partial charge in [0.15, 0.2) is 0 Å². The van der Waals surface area contributed by atoms with Gasteiger partial charge in [-0.1, -0.05) is 6.07 Å². The highest BCUT2D eigenvalue weighted by Gasteiger charge is 2.22. The number of piperazine rings is 1. The SMILES string of the molecule is CCOC(=O)c1cccc(N)c1N1CCN(C)CC1. The maximum absolute atomic E-state index is 12.0. The zero-order valence-electron chi connectivity index (χ0n) is 11.6. The second kappa shape index (κ2) is 5.93. The predicted octanol–water partition coefficient (Wildman–Crippen LogP) is 1.20. The molecule has 0 amide bonds. The number of para-hydroxylation sites is 1. The molecule has 2 N–H and O–H groups in total. The van der Waals surface area contributed by atoms with Gasteiger partial charge < -0.3 is 20.3 Å². The van der Waals surface area contributed by atoms with Gasteiger partial charge in [0.2, 0.25) is 0 Å². The standard InChI is InChI=1S/C14H21N3O2/c1-3-19-14(18)11-5-4-6-12(15)13(11)17-9-7-16(2)8-10-17/h4-6H,3,7-10,15H2,1-2H3. The molecule has 0 radical (unpaired) electrons. The van der Waals surface area contributed by atoms with Crippen molar-refractivity contribution >= 4 is 17.3 Å². The Hall–Kier alpha value is -1.75. The molecule has 19 heavy (non-hydrogen) atoms. The number of nitrogens with zero attached hydrogens (tertiary/aromatic N) is 2. The number of benzene rings is 1. The van der Waals surface area contributed by atoms with Gasteiger partial charge in [-0.2, -0.15) is 0 Å². The van der Waals surface area contributed by atoms with Crippen molar-refractivity contribution in [2.45, 2.75) is 6.92 Å². The number of rotatable bonds is 3. The van der Waals surface area contributed by atoms with Crippen molar-refractivity contribution < 1.29 is 9.53 Å². The van der Waals surface area contributed by atoms with Crippen LogP contribution in [0.25, 0.3) is 0 Å². The van der Waals surface area contributed by atoms with E-state index in [1.54, 1.807) is 19.1 Å². The van der Waals surface area contributed by atoms with Crippen molar-refractivity contribution in [3.8, 4) is 0 Å². The molecule has 0 aromatic heterocycles. The topological polar surface area (TPSA) is 58.8 Å². The van der Waals surface area contributed by atoms with E-state index in [1.165, 1.54) is 0 Å². The monoisotopic (exact) mass is 263 g/mol. The van der Waals surface area contributed by atoms with E-state index >= 15 is 0 Å². The fourth-order valence-corrected chi connectivity index (χ4v) is 2.32. The first-order valence-electron chi connectivity index (χ1n) is 6.62. The number of esters is 1. The average Bonchev–Trinajstić information content (AvgIpc) is 2.40. The van der Waals surface area contributed by atoms with E-state index < -0.39 is 0 Å². The summed E-state index contributed by atoms with van der Waals surface area (Å²) >= 11 is 0. The number of anilines is 2. The van der Waals surface area contributed by atoms with Crippen LogP contribution in [0.1, 0.15) is 17.3 Å². The van der Waals surface area contributed by atoms with Gasteiger partial charge >= 0.3 is 5.97 Å². The normalized spacial score (nSPS) is 16.4. The average molecular weight is 263 g/mol. The van der Waals surface area contributed by atoms with Gasteiger partial charge in [-0.15, -0.1) is 0 Å². The molecule has 1 aromatic rings. The summed E-state index contributed by atoms with van der Waals surface area (Å²) in [5.41, 5.74) is 8.07. The van der Waals surface area contributed by atoms with Crippen LogP contribution in [-0.2, 0) is 4.74 Å². The predicted molar refractivity (Wildman–Crippen MR) is 76.5 cm³/mol. The lowest BCUT2D eigenvalue weighted by Gasteiger charge is -2.35. The van der Waals surface area contributed by atoms with Gasteiger partial charge in [0.1, 0.15) is 0 Å². The van der Waals surface area contributed by atoms with E-state index in [1.807, 2.05) is 6.07 Å². The van der Waals surface area contributed by atoms with E-state index in [0.29, 0.717) is 17.9 Å². The lowest BCUT2D eigenvalue weighted by atomic mass is 10.1. The number of carbonyl (C=O) groups is 1. The summed E-state index contributed by atoms with van der Waals surface area (Å²) < 4.78 is 5.10. The summed E-state index contributed by atoms with van der Waals surface area (Å²) in [5.74, 6) is -0.302. The molecule has 1 aromatic carbocycles. The van der Waals surface area contributed by atoms with E-state index in [2.05, 4.69) is 16.8 Å². The van der Waals surface area contributed by atoms with Crippen LogP contribution >= 0.6 is 0 Å². The van der Waals surface area contributed by atoms with Crippen molar-refractivity contribution in [1.82, 2.24) is 4.90 Å². The molecule has 5 heteroatoms. The maximum atomic E-state index is 12.0. The van der Waals surface area contributed by atoms with E-state index in [-0.39, 0.29) is 5.97 Å². The largest absolute Gasteiger partial charge is 0.462 e. The molecule has 0 spiro atoms. The molecule has 0 unspecified atom stereocenters. The molecule has 2 rings (SSSR count). The van der Waals surface area contributed by atoms with Gasteiger partial charge in [0.05, 0.1) is 23.5 Å². The highest BCUT2D eigenvalue weighted by Crippen LogP contribution is 2.29. The fraction of sp³-hybridized carbons (Fsp3) is 0.500. The molecule has 0 bridgehead atoms. The smallest absolute Gasteiger partial charge is 0.340 e. The lowest BCUT2D eigenvalue weighted by molar-refractivity contribution is 0.0527. The minimum atomic E-state index is -0.302. The first-order valence-corrected chi connectivity index (χ1v) is 6.62. The number of ether oxygens (including phenoxy) is 1. The third-order valence-electron chi connectivity index (χ3n) is 3.38. The molecule has 0 aliphatic carbocycles. The lowest BCUT2D eigenvalue weighted by Crippen LogP contribution is -2.45. The molecule has 0 atom stereocenters. The van der Waals surface area contributed by atoms with Gasteiger partial charge in [-0.3, -0.25) is 0 Å². The summed E-state index contributed by atoms with van der Waals surface area (Å²) in [4.78, 5) is 16.4. The zero-order chi connectivity index (χ0) is 13.8. The molecule has 1 saturated heterocycles. The Morgan fingerprint density at radius 3 is 2.63 bits per heavy atom. The van der Waals surface area contributed by atoms with Gasteiger partial charge in [-0.05, 0) is 26.1 Å². The number of hydrogen-bond donors (Lipinski definition) is 1. The Morgan fingerprint density at radius 2 is 2.00 bits per heavy atom. The molecule has 0 saturated carbocycles. The maximum Gasteiger partial charge on any atom is 0.340 e. The summed E-state index contributed by atoms with van der Waals surface area (Å²) in [6, 6.07) is 5.40. The second-order valence-electron chi connectivity index (χ2n) is 4.75. The second-order valence-corrected chi connectivity index (χ2v) is 4.75. The van der Waals surface area contributed by atoms with Crippen LogP contribution in [0.3, 0.4) is 0 Å². The number of likely N-dealkylation sites (N-methyl/N-ethyl adjacent to an activating group) is 1. The van der Waals surface area contributed by atoms with Crippen molar-refractivity contribution in [1.29, 1.82) is 0 Å². The highest BCUT2D eigenvalue weighted by molar-refractivity contribution is 5.99. The van der Waals surface area contributed by atoms with E-state index in [0.717, 1.165) is 31.9 Å². The molecule has 1 aliphatic heterocycles. The molecule has 104 valence electrons. The van der Waals surface area contributed by atoms with Crippen molar-refractivity contribution in [2.75, 3.05) is 50.5 Å². The molecule has 1 aliphatic rings. The Kier molecular flexibility index (Phi) is 4.27. The van der Waals surface area contributed by atoms with E-state index in [9.17, 15) is 4.79 Å². The minimum absolute atomic E-state index is 0.302. The first-order chi connectivity index (χ1) is 9.13. The Balaban J connectivity index is 2.30. The van der Waals surface area contributed by atoms with Crippen LogP contribution in [0.4, 0.5) is 11.4 Å². The summed E-state index contributed by atoms with van der Waals surface area (Å²) in [5, 5.41) is 0. The van der Waals surface area contributed by atoms with Crippen LogP contribution in [0, 0.1) is 0 Å². The molecule has 1 fully saturated rings. The molecule has 5 nitrogen and oxygen atoms in total. The quantitative estimate of drug-likeness (QED) is 0.656. The fourth-order valence-electron chi connectivity index (χ4n) is 2.32.